The topological polar surface area (TPSA) is 29.1 Å². The Bertz CT molecular complexity index is 398. The van der Waals surface area contributed by atoms with Crippen LogP contribution in [0.4, 0.5) is 0 Å². The fourth-order valence-electron chi connectivity index (χ4n) is 2.95. The first-order valence-corrected chi connectivity index (χ1v) is 6.52. The van der Waals surface area contributed by atoms with E-state index in [9.17, 15) is 4.79 Å². The number of ketones is 1. The molecule has 1 spiro atoms. The summed E-state index contributed by atoms with van der Waals surface area (Å²) >= 11 is 1.84. The van der Waals surface area contributed by atoms with E-state index in [-0.39, 0.29) is 5.54 Å². The van der Waals surface area contributed by atoms with Gasteiger partial charge in [0.1, 0.15) is 5.78 Å². The zero-order valence-electron chi connectivity index (χ0n) is 8.71. The van der Waals surface area contributed by atoms with Gasteiger partial charge in [0.25, 0.3) is 0 Å². The van der Waals surface area contributed by atoms with Crippen LogP contribution in [0.25, 0.3) is 0 Å². The number of carbonyl (C=O) groups excluding carboxylic acids is 1. The summed E-state index contributed by atoms with van der Waals surface area (Å²) < 4.78 is 0. The molecule has 80 valence electrons. The van der Waals surface area contributed by atoms with Crippen molar-refractivity contribution >= 4 is 17.1 Å². The molecule has 0 bridgehead atoms. The van der Waals surface area contributed by atoms with Crippen molar-refractivity contribution in [2.75, 3.05) is 6.54 Å². The van der Waals surface area contributed by atoms with Crippen LogP contribution in [-0.2, 0) is 16.8 Å². The summed E-state index contributed by atoms with van der Waals surface area (Å²) in [6.07, 6.45) is 4.78. The van der Waals surface area contributed by atoms with Crippen molar-refractivity contribution in [1.82, 2.24) is 5.32 Å². The van der Waals surface area contributed by atoms with E-state index in [0.29, 0.717) is 12.2 Å². The first-order chi connectivity index (χ1) is 7.30. The lowest BCUT2D eigenvalue weighted by Crippen LogP contribution is -2.49. The van der Waals surface area contributed by atoms with Gasteiger partial charge >= 0.3 is 0 Å². The lowest BCUT2D eigenvalue weighted by atomic mass is 9.74. The predicted molar refractivity (Wildman–Crippen MR) is 61.2 cm³/mol. The summed E-state index contributed by atoms with van der Waals surface area (Å²) in [5.74, 6) is 0.424. The molecule has 3 heteroatoms. The van der Waals surface area contributed by atoms with Crippen molar-refractivity contribution in [2.45, 2.75) is 37.6 Å². The Balaban J connectivity index is 2.03. The molecule has 1 fully saturated rings. The smallest absolute Gasteiger partial charge is 0.135 e. The van der Waals surface area contributed by atoms with Crippen LogP contribution in [0.15, 0.2) is 11.4 Å². The molecule has 15 heavy (non-hydrogen) atoms. The van der Waals surface area contributed by atoms with Gasteiger partial charge in [0.2, 0.25) is 0 Å². The predicted octanol–water partition coefficient (Wildman–Crippen LogP) is 2.23. The molecule has 0 amide bonds. The fourth-order valence-corrected chi connectivity index (χ4v) is 3.93. The molecule has 2 nitrogen and oxygen atoms in total. The van der Waals surface area contributed by atoms with E-state index < -0.39 is 0 Å². The van der Waals surface area contributed by atoms with Gasteiger partial charge in [-0.25, -0.2) is 0 Å². The average Bonchev–Trinajstić information content (AvgIpc) is 2.67. The molecule has 2 aliphatic rings. The van der Waals surface area contributed by atoms with Crippen LogP contribution < -0.4 is 5.32 Å². The van der Waals surface area contributed by atoms with Gasteiger partial charge in [-0.3, -0.25) is 4.79 Å². The molecule has 1 aromatic heterocycles. The third kappa shape index (κ3) is 1.45. The van der Waals surface area contributed by atoms with Crippen molar-refractivity contribution in [2.24, 2.45) is 0 Å². The molecule has 1 aliphatic heterocycles. The molecule has 0 saturated heterocycles. The molecular weight excluding hydrogens is 206 g/mol. The molecule has 1 atom stereocenters. The highest BCUT2D eigenvalue weighted by Crippen LogP contribution is 2.41. The van der Waals surface area contributed by atoms with Gasteiger partial charge in [-0.2, -0.15) is 0 Å². The van der Waals surface area contributed by atoms with Crippen LogP contribution in [0.1, 0.15) is 36.1 Å². The van der Waals surface area contributed by atoms with Crippen LogP contribution >= 0.6 is 11.3 Å². The van der Waals surface area contributed by atoms with E-state index in [1.54, 1.807) is 0 Å². The highest BCUT2D eigenvalue weighted by molar-refractivity contribution is 7.10. The van der Waals surface area contributed by atoms with Gasteiger partial charge in [0.15, 0.2) is 0 Å². The maximum Gasteiger partial charge on any atom is 0.135 e. The number of nitrogens with one attached hydrogen (secondary N) is 1. The zero-order chi connectivity index (χ0) is 10.3. The molecule has 3 rings (SSSR count). The minimum absolute atomic E-state index is 0.00289. The Morgan fingerprint density at radius 3 is 3.20 bits per heavy atom. The average molecular weight is 221 g/mol. The van der Waals surface area contributed by atoms with E-state index in [1.807, 2.05) is 11.3 Å². The lowest BCUT2D eigenvalue weighted by Gasteiger charge is -2.41. The number of Topliss-reactive ketones (excluding diaryl/α,β-unsaturated/α-hetero) is 1. The Morgan fingerprint density at radius 1 is 1.40 bits per heavy atom. The van der Waals surface area contributed by atoms with E-state index in [2.05, 4.69) is 16.8 Å². The van der Waals surface area contributed by atoms with Crippen molar-refractivity contribution in [1.29, 1.82) is 0 Å². The lowest BCUT2D eigenvalue weighted by molar-refractivity contribution is -0.122. The summed E-state index contributed by atoms with van der Waals surface area (Å²) in [5.41, 5.74) is 1.41. The van der Waals surface area contributed by atoms with Gasteiger partial charge in [-0.15, -0.1) is 11.3 Å². The Morgan fingerprint density at radius 2 is 2.33 bits per heavy atom. The summed E-state index contributed by atoms with van der Waals surface area (Å²) in [6.45, 7) is 1.03. The van der Waals surface area contributed by atoms with E-state index in [1.165, 1.54) is 10.4 Å². The van der Waals surface area contributed by atoms with Crippen LogP contribution in [0, 0.1) is 0 Å². The van der Waals surface area contributed by atoms with Crippen LogP contribution in [0.3, 0.4) is 0 Å². The third-order valence-corrected chi connectivity index (χ3v) is 4.62. The molecule has 1 aromatic rings. The fraction of sp³-hybridized carbons (Fsp3) is 0.583. The minimum Gasteiger partial charge on any atom is -0.307 e. The zero-order valence-corrected chi connectivity index (χ0v) is 9.53. The normalized spacial score (nSPS) is 30.5. The van der Waals surface area contributed by atoms with Crippen molar-refractivity contribution in [3.63, 3.8) is 0 Å². The monoisotopic (exact) mass is 221 g/mol. The van der Waals surface area contributed by atoms with Crippen LogP contribution in [0.5, 0.6) is 0 Å². The van der Waals surface area contributed by atoms with E-state index >= 15 is 0 Å². The SMILES string of the molecule is O=C1CCCC2(C1)NCCc1sccc12. The summed E-state index contributed by atoms with van der Waals surface area (Å²) in [6, 6.07) is 2.21. The molecule has 1 N–H and O–H groups in total. The van der Waals surface area contributed by atoms with E-state index in [4.69, 9.17) is 0 Å². The molecule has 2 heterocycles. The molecule has 1 aliphatic carbocycles. The van der Waals surface area contributed by atoms with Crippen molar-refractivity contribution in [3.8, 4) is 0 Å². The first-order valence-electron chi connectivity index (χ1n) is 5.64. The molecule has 0 aromatic carbocycles. The maximum atomic E-state index is 11.6. The van der Waals surface area contributed by atoms with Crippen LogP contribution in [0.2, 0.25) is 0 Å². The van der Waals surface area contributed by atoms with Gasteiger partial charge in [0.05, 0.1) is 5.54 Å². The Labute approximate surface area is 93.7 Å². The molecular formula is C12H15NOS. The number of rotatable bonds is 0. The maximum absolute atomic E-state index is 11.6. The Kier molecular flexibility index (Phi) is 2.18. The van der Waals surface area contributed by atoms with Crippen LogP contribution in [-0.4, -0.2) is 12.3 Å². The second-order valence-corrected chi connectivity index (χ2v) is 5.59. The van der Waals surface area contributed by atoms with Gasteiger partial charge in [-0.05, 0) is 36.3 Å². The first kappa shape index (κ1) is 9.55. The minimum atomic E-state index is 0.00289. The highest BCUT2D eigenvalue weighted by atomic mass is 32.1. The molecule has 1 unspecified atom stereocenters. The third-order valence-electron chi connectivity index (χ3n) is 3.63. The second kappa shape index (κ2) is 3.42. The number of thiophene rings is 1. The molecule has 1 saturated carbocycles. The highest BCUT2D eigenvalue weighted by Gasteiger charge is 2.40. The second-order valence-electron chi connectivity index (χ2n) is 4.59. The number of carbonyl (C=O) groups is 1. The Hall–Kier alpha value is -0.670. The van der Waals surface area contributed by atoms with Gasteiger partial charge in [0, 0.05) is 24.3 Å². The largest absolute Gasteiger partial charge is 0.307 e. The molecule has 0 radical (unpaired) electrons. The van der Waals surface area contributed by atoms with Crippen molar-refractivity contribution < 1.29 is 4.79 Å². The summed E-state index contributed by atoms with van der Waals surface area (Å²) in [5, 5.41) is 5.76. The summed E-state index contributed by atoms with van der Waals surface area (Å²) in [7, 11) is 0. The standard InChI is InChI=1S/C12H15NOS/c14-9-2-1-5-12(8-9)10-4-7-15-11(10)3-6-13-12/h4,7,13H,1-3,5-6,8H2. The van der Waals surface area contributed by atoms with Gasteiger partial charge < -0.3 is 5.32 Å². The summed E-state index contributed by atoms with van der Waals surface area (Å²) in [4.78, 5) is 13.1. The van der Waals surface area contributed by atoms with Gasteiger partial charge in [-0.1, -0.05) is 0 Å². The van der Waals surface area contributed by atoms with Crippen molar-refractivity contribution in [3.05, 3.63) is 21.9 Å². The number of hydrogen-bond donors (Lipinski definition) is 1. The number of hydrogen-bond acceptors (Lipinski definition) is 3. The quantitative estimate of drug-likeness (QED) is 0.728. The van der Waals surface area contributed by atoms with E-state index in [0.717, 1.165) is 32.2 Å². The number of fused-ring (bicyclic) bond motifs is 2.